The molecule has 168 valence electrons. The molecule has 1 aromatic carbocycles. The van der Waals surface area contributed by atoms with Crippen LogP contribution in [0.4, 0.5) is 29.3 Å². The van der Waals surface area contributed by atoms with Gasteiger partial charge < -0.3 is 26.2 Å². The number of carbonyl (C=O) groups excluding carboxylic acids is 1. The van der Waals surface area contributed by atoms with Crippen LogP contribution in [0.2, 0.25) is 0 Å². The predicted octanol–water partition coefficient (Wildman–Crippen LogP) is 1.84. The Morgan fingerprint density at radius 3 is 2.52 bits per heavy atom. The Hall–Kier alpha value is -3.48. The third-order valence-corrected chi connectivity index (χ3v) is 4.11. The predicted molar refractivity (Wildman–Crippen MR) is 101 cm³/mol. The van der Waals surface area contributed by atoms with Gasteiger partial charge in [0.25, 0.3) is 0 Å². The lowest BCUT2D eigenvalue weighted by atomic mass is 10.0. The second-order valence-electron chi connectivity index (χ2n) is 6.30. The van der Waals surface area contributed by atoms with Gasteiger partial charge in [-0.3, -0.25) is 4.79 Å². The number of benzene rings is 1. The minimum Gasteiger partial charge on any atom is -0.496 e. The van der Waals surface area contributed by atoms with E-state index in [1.807, 2.05) is 0 Å². The summed E-state index contributed by atoms with van der Waals surface area (Å²) in [6, 6.07) is 3.95. The Labute approximate surface area is 173 Å². The fraction of sp³-hybridized carbons (Fsp3) is 0.333. The van der Waals surface area contributed by atoms with E-state index in [0.717, 1.165) is 25.6 Å². The average Bonchev–Trinajstić information content (AvgIpc) is 3.20. The number of carbonyl (C=O) groups is 2. The second-order valence-corrected chi connectivity index (χ2v) is 6.30. The van der Waals surface area contributed by atoms with Crippen LogP contribution in [0.1, 0.15) is 22.3 Å². The molecule has 0 saturated carbocycles. The van der Waals surface area contributed by atoms with Gasteiger partial charge in [-0.2, -0.15) is 18.2 Å². The zero-order valence-electron chi connectivity index (χ0n) is 16.2. The van der Waals surface area contributed by atoms with Crippen LogP contribution in [0.3, 0.4) is 0 Å². The van der Waals surface area contributed by atoms with E-state index in [-0.39, 0.29) is 28.7 Å². The van der Waals surface area contributed by atoms with E-state index >= 15 is 0 Å². The number of nitrogen functional groups attached to an aromatic ring is 1. The van der Waals surface area contributed by atoms with Crippen molar-refractivity contribution in [2.24, 2.45) is 0 Å². The number of hydrogen-bond acceptors (Lipinski definition) is 8. The van der Waals surface area contributed by atoms with Crippen molar-refractivity contribution in [1.82, 2.24) is 15.3 Å². The molecule has 1 fully saturated rings. The lowest BCUT2D eigenvalue weighted by molar-refractivity contribution is -0.192. The molecule has 31 heavy (non-hydrogen) atoms. The highest BCUT2D eigenvalue weighted by molar-refractivity contribution is 6.13. The van der Waals surface area contributed by atoms with Crippen molar-refractivity contribution in [3.05, 3.63) is 41.3 Å². The summed E-state index contributed by atoms with van der Waals surface area (Å²) in [6.07, 6.45) is -2.77. The summed E-state index contributed by atoms with van der Waals surface area (Å²) in [5.41, 5.74) is 6.08. The van der Waals surface area contributed by atoms with Gasteiger partial charge in [0.05, 0.1) is 18.2 Å². The zero-order valence-corrected chi connectivity index (χ0v) is 16.2. The first-order valence-electron chi connectivity index (χ1n) is 8.81. The number of ketones is 1. The Bertz CT molecular complexity index is 949. The summed E-state index contributed by atoms with van der Waals surface area (Å²) in [5.74, 6) is -3.12. The molecule has 0 radical (unpaired) electrons. The highest BCUT2D eigenvalue weighted by Gasteiger charge is 2.38. The van der Waals surface area contributed by atoms with Crippen molar-refractivity contribution >= 4 is 23.5 Å². The number of nitrogens with one attached hydrogen (secondary N) is 2. The fourth-order valence-corrected chi connectivity index (χ4v) is 2.60. The van der Waals surface area contributed by atoms with Gasteiger partial charge in [-0.25, -0.2) is 14.2 Å². The average molecular weight is 445 g/mol. The van der Waals surface area contributed by atoms with Gasteiger partial charge >= 0.3 is 12.1 Å². The molecular weight excluding hydrogens is 426 g/mol. The number of nitrogens with two attached hydrogens (primary N) is 1. The maximum atomic E-state index is 13.5. The molecule has 0 amide bonds. The van der Waals surface area contributed by atoms with E-state index in [9.17, 15) is 22.4 Å². The number of aliphatic carboxylic acids is 1. The van der Waals surface area contributed by atoms with Crippen molar-refractivity contribution in [2.45, 2.75) is 18.6 Å². The largest absolute Gasteiger partial charge is 0.496 e. The maximum Gasteiger partial charge on any atom is 0.490 e. The minimum absolute atomic E-state index is 0.0368. The van der Waals surface area contributed by atoms with Crippen LogP contribution in [-0.4, -0.2) is 59.2 Å². The monoisotopic (exact) mass is 445 g/mol. The SMILES string of the molecule is COc1ccc(F)cc1C(=O)c1cnc(N[C@@H]2CCNC2)nc1N.O=C(O)C(F)(F)F. The summed E-state index contributed by atoms with van der Waals surface area (Å²) in [4.78, 5) is 29.8. The van der Waals surface area contributed by atoms with E-state index in [1.165, 1.54) is 25.4 Å². The smallest absolute Gasteiger partial charge is 0.490 e. The van der Waals surface area contributed by atoms with Crippen molar-refractivity contribution in [2.75, 3.05) is 31.2 Å². The van der Waals surface area contributed by atoms with Crippen LogP contribution in [0.5, 0.6) is 5.75 Å². The maximum absolute atomic E-state index is 13.5. The second kappa shape index (κ2) is 10.0. The first-order chi connectivity index (χ1) is 14.5. The molecule has 1 atom stereocenters. The number of carboxylic acids is 1. The van der Waals surface area contributed by atoms with Crippen molar-refractivity contribution < 1.29 is 37.0 Å². The molecule has 13 heteroatoms. The van der Waals surface area contributed by atoms with Crippen LogP contribution < -0.4 is 21.1 Å². The molecule has 0 bridgehead atoms. The molecule has 3 rings (SSSR count). The van der Waals surface area contributed by atoms with Gasteiger partial charge in [0, 0.05) is 18.8 Å². The summed E-state index contributed by atoms with van der Waals surface area (Å²) in [5, 5.41) is 13.5. The molecule has 1 aliphatic heterocycles. The molecule has 0 unspecified atom stereocenters. The Balaban J connectivity index is 0.000000423. The zero-order chi connectivity index (χ0) is 23.2. The Morgan fingerprint density at radius 2 is 2.00 bits per heavy atom. The standard InChI is InChI=1S/C16H18FN5O2.C2HF3O2/c1-24-13-3-2-9(17)6-11(13)14(23)12-8-20-16(22-15(12)18)21-10-4-5-19-7-10;3-2(4,5)1(6)7/h2-3,6,8,10,19H,4-5,7H2,1H3,(H3,18,20,21,22);(H,6,7)/t10-;/m1./s1. The normalized spacial score (nSPS) is 15.6. The van der Waals surface area contributed by atoms with E-state index in [4.69, 9.17) is 20.4 Å². The third kappa shape index (κ3) is 6.50. The van der Waals surface area contributed by atoms with Crippen LogP contribution in [0.15, 0.2) is 24.4 Å². The summed E-state index contributed by atoms with van der Waals surface area (Å²) in [6.45, 7) is 1.76. The van der Waals surface area contributed by atoms with Crippen LogP contribution in [0.25, 0.3) is 0 Å². The number of nitrogens with zero attached hydrogens (tertiary/aromatic N) is 2. The number of ether oxygens (including phenoxy) is 1. The van der Waals surface area contributed by atoms with Crippen molar-refractivity contribution in [3.8, 4) is 5.75 Å². The van der Waals surface area contributed by atoms with Crippen LogP contribution in [0, 0.1) is 5.82 Å². The molecule has 1 aromatic heterocycles. The number of carboxylic acid groups (broad SMARTS) is 1. The van der Waals surface area contributed by atoms with Gasteiger partial charge in [0.2, 0.25) is 11.7 Å². The highest BCUT2D eigenvalue weighted by atomic mass is 19.4. The number of methoxy groups -OCH3 is 1. The summed E-state index contributed by atoms with van der Waals surface area (Å²) < 4.78 is 50.3. The molecule has 9 nitrogen and oxygen atoms in total. The molecule has 1 aliphatic rings. The quantitative estimate of drug-likeness (QED) is 0.401. The molecule has 0 aliphatic carbocycles. The van der Waals surface area contributed by atoms with E-state index in [0.29, 0.717) is 5.95 Å². The Kier molecular flexibility index (Phi) is 7.69. The van der Waals surface area contributed by atoms with Crippen LogP contribution >= 0.6 is 0 Å². The number of halogens is 4. The summed E-state index contributed by atoms with van der Waals surface area (Å²) in [7, 11) is 1.41. The first kappa shape index (κ1) is 23.8. The number of hydrogen-bond donors (Lipinski definition) is 4. The number of anilines is 2. The van der Waals surface area contributed by atoms with Gasteiger partial charge in [0.15, 0.2) is 0 Å². The highest BCUT2D eigenvalue weighted by Crippen LogP contribution is 2.24. The van der Waals surface area contributed by atoms with E-state index in [2.05, 4.69) is 20.6 Å². The van der Waals surface area contributed by atoms with Crippen molar-refractivity contribution in [1.29, 1.82) is 0 Å². The van der Waals surface area contributed by atoms with Gasteiger partial charge in [0.1, 0.15) is 17.4 Å². The molecule has 2 aromatic rings. The minimum atomic E-state index is -5.08. The van der Waals surface area contributed by atoms with E-state index < -0.39 is 23.7 Å². The lowest BCUT2D eigenvalue weighted by Crippen LogP contribution is -2.24. The van der Waals surface area contributed by atoms with Gasteiger partial charge in [-0.05, 0) is 31.2 Å². The number of alkyl halides is 3. The van der Waals surface area contributed by atoms with Gasteiger partial charge in [-0.15, -0.1) is 0 Å². The van der Waals surface area contributed by atoms with E-state index in [1.54, 1.807) is 0 Å². The molecular formula is C18H19F4N5O4. The van der Waals surface area contributed by atoms with Crippen LogP contribution in [-0.2, 0) is 4.79 Å². The van der Waals surface area contributed by atoms with Crippen molar-refractivity contribution in [3.63, 3.8) is 0 Å². The Morgan fingerprint density at radius 1 is 1.32 bits per heavy atom. The molecule has 2 heterocycles. The van der Waals surface area contributed by atoms with Gasteiger partial charge in [-0.1, -0.05) is 0 Å². The fourth-order valence-electron chi connectivity index (χ4n) is 2.60. The first-order valence-corrected chi connectivity index (χ1v) is 8.81. The lowest BCUT2D eigenvalue weighted by Gasteiger charge is -2.13. The number of rotatable bonds is 5. The molecule has 5 N–H and O–H groups in total. The summed E-state index contributed by atoms with van der Waals surface area (Å²) >= 11 is 0. The molecule has 0 spiro atoms. The third-order valence-electron chi connectivity index (χ3n) is 4.11. The topological polar surface area (TPSA) is 139 Å². The molecule has 1 saturated heterocycles. The number of aromatic nitrogens is 2.